The zero-order valence-corrected chi connectivity index (χ0v) is 14.3. The molecule has 0 aromatic heterocycles. The largest absolute Gasteiger partial charge is 0.335 e. The van der Waals surface area contributed by atoms with Gasteiger partial charge in [-0.05, 0) is 22.8 Å². The van der Waals surface area contributed by atoms with Crippen molar-refractivity contribution in [3.8, 4) is 0 Å². The van der Waals surface area contributed by atoms with Crippen molar-refractivity contribution < 1.29 is 4.79 Å². The Labute approximate surface area is 153 Å². The van der Waals surface area contributed by atoms with Crippen LogP contribution >= 0.6 is 0 Å². The number of hydrogen-bond donors (Lipinski definition) is 1. The molecule has 0 saturated heterocycles. The number of rotatable bonds is 4. The third-order valence-electron chi connectivity index (χ3n) is 4.61. The Kier molecular flexibility index (Phi) is 4.24. The van der Waals surface area contributed by atoms with Gasteiger partial charge in [0.15, 0.2) is 0 Å². The molecule has 1 aliphatic heterocycles. The topological polar surface area (TPSA) is 29.1 Å². The maximum atomic E-state index is 12.8. The molecule has 0 saturated carbocycles. The fraction of sp³-hybridized carbons (Fsp3) is 0.0417. The second-order valence-corrected chi connectivity index (χ2v) is 6.36. The molecule has 1 N–H and O–H groups in total. The van der Waals surface area contributed by atoms with E-state index in [1.807, 2.05) is 97.1 Å². The fourth-order valence-corrected chi connectivity index (χ4v) is 3.26. The molecule has 1 unspecified atom stereocenters. The van der Waals surface area contributed by atoms with Gasteiger partial charge in [0.1, 0.15) is 5.54 Å². The minimum absolute atomic E-state index is 0.0576. The first-order valence-electron chi connectivity index (χ1n) is 8.67. The molecule has 1 heterocycles. The highest BCUT2D eigenvalue weighted by atomic mass is 16.2. The molecular weight excluding hydrogens is 318 g/mol. The van der Waals surface area contributed by atoms with Gasteiger partial charge in [-0.3, -0.25) is 4.79 Å². The molecule has 0 spiro atoms. The lowest BCUT2D eigenvalue weighted by molar-refractivity contribution is -0.115. The van der Waals surface area contributed by atoms with E-state index in [0.29, 0.717) is 5.57 Å². The Morgan fingerprint density at radius 3 is 1.96 bits per heavy atom. The van der Waals surface area contributed by atoms with Crippen molar-refractivity contribution in [1.82, 2.24) is 5.32 Å². The molecule has 0 bridgehead atoms. The highest BCUT2D eigenvalue weighted by molar-refractivity contribution is 6.22. The maximum absolute atomic E-state index is 12.8. The summed E-state index contributed by atoms with van der Waals surface area (Å²) in [7, 11) is 0. The summed E-state index contributed by atoms with van der Waals surface area (Å²) in [6.45, 7) is 0. The van der Waals surface area contributed by atoms with Crippen LogP contribution in [0, 0.1) is 0 Å². The molecule has 1 amide bonds. The van der Waals surface area contributed by atoms with Crippen LogP contribution in [0.4, 0.5) is 0 Å². The van der Waals surface area contributed by atoms with Gasteiger partial charge >= 0.3 is 0 Å². The number of amides is 1. The lowest BCUT2D eigenvalue weighted by Crippen LogP contribution is -2.37. The van der Waals surface area contributed by atoms with E-state index in [9.17, 15) is 4.79 Å². The molecule has 4 rings (SSSR count). The van der Waals surface area contributed by atoms with Crippen molar-refractivity contribution in [2.75, 3.05) is 0 Å². The molecule has 1 aliphatic rings. The second-order valence-electron chi connectivity index (χ2n) is 6.36. The van der Waals surface area contributed by atoms with E-state index in [0.717, 1.165) is 16.7 Å². The normalized spacial score (nSPS) is 19.4. The van der Waals surface area contributed by atoms with Gasteiger partial charge in [-0.2, -0.15) is 0 Å². The molecule has 126 valence electrons. The lowest BCUT2D eigenvalue weighted by atomic mass is 9.88. The summed E-state index contributed by atoms with van der Waals surface area (Å²) in [4.78, 5) is 12.8. The monoisotopic (exact) mass is 337 g/mol. The second kappa shape index (κ2) is 6.85. The average Bonchev–Trinajstić information content (AvgIpc) is 3.06. The standard InChI is InChI=1S/C24H19NO/c26-23-22(20-12-6-2-7-13-20)18-24(25-23,21-14-8-3-9-15-21)17-16-19-10-4-1-5-11-19/h1-18H,(H,25,26)/b17-16+. The smallest absolute Gasteiger partial charge is 0.252 e. The van der Waals surface area contributed by atoms with Crippen molar-refractivity contribution in [2.24, 2.45) is 0 Å². The first-order chi connectivity index (χ1) is 12.8. The Bertz CT molecular complexity index is 959. The van der Waals surface area contributed by atoms with E-state index >= 15 is 0 Å². The van der Waals surface area contributed by atoms with Crippen LogP contribution in [0.1, 0.15) is 16.7 Å². The quantitative estimate of drug-likeness (QED) is 0.727. The summed E-state index contributed by atoms with van der Waals surface area (Å²) >= 11 is 0. The van der Waals surface area contributed by atoms with Crippen molar-refractivity contribution in [3.63, 3.8) is 0 Å². The van der Waals surface area contributed by atoms with Gasteiger partial charge in [0.2, 0.25) is 0 Å². The van der Waals surface area contributed by atoms with Gasteiger partial charge in [0.05, 0.1) is 0 Å². The molecule has 2 heteroatoms. The SMILES string of the molecule is O=C1NC(/C=C/c2ccccc2)(c2ccccc2)C=C1c1ccccc1. The van der Waals surface area contributed by atoms with Crippen molar-refractivity contribution in [2.45, 2.75) is 5.54 Å². The summed E-state index contributed by atoms with van der Waals surface area (Å²) in [6.07, 6.45) is 6.14. The first-order valence-corrected chi connectivity index (χ1v) is 8.67. The van der Waals surface area contributed by atoms with Gasteiger partial charge in [-0.25, -0.2) is 0 Å². The number of benzene rings is 3. The van der Waals surface area contributed by atoms with Crippen LogP contribution in [-0.2, 0) is 10.3 Å². The summed E-state index contributed by atoms with van der Waals surface area (Å²) in [5.41, 5.74) is 3.10. The number of hydrogen-bond acceptors (Lipinski definition) is 1. The Morgan fingerprint density at radius 2 is 1.31 bits per heavy atom. The van der Waals surface area contributed by atoms with Crippen LogP contribution in [-0.4, -0.2) is 5.91 Å². The molecule has 0 aliphatic carbocycles. The van der Waals surface area contributed by atoms with E-state index in [1.54, 1.807) is 0 Å². The molecule has 1 atom stereocenters. The number of carbonyl (C=O) groups is 1. The summed E-state index contributed by atoms with van der Waals surface area (Å²) in [6, 6.07) is 29.9. The third kappa shape index (κ3) is 3.09. The average molecular weight is 337 g/mol. The Morgan fingerprint density at radius 1 is 0.731 bits per heavy atom. The van der Waals surface area contributed by atoms with Crippen LogP contribution in [0.15, 0.2) is 103 Å². The van der Waals surface area contributed by atoms with Gasteiger partial charge in [0, 0.05) is 5.57 Å². The molecular formula is C24H19NO. The van der Waals surface area contributed by atoms with E-state index < -0.39 is 5.54 Å². The Hall–Kier alpha value is -3.39. The number of nitrogens with one attached hydrogen (secondary N) is 1. The predicted octanol–water partition coefficient (Wildman–Crippen LogP) is 4.81. The molecule has 2 nitrogen and oxygen atoms in total. The number of carbonyl (C=O) groups excluding carboxylic acids is 1. The maximum Gasteiger partial charge on any atom is 0.252 e. The van der Waals surface area contributed by atoms with E-state index in [4.69, 9.17) is 0 Å². The minimum Gasteiger partial charge on any atom is -0.335 e. The van der Waals surface area contributed by atoms with Gasteiger partial charge < -0.3 is 5.32 Å². The molecule has 0 radical (unpaired) electrons. The third-order valence-corrected chi connectivity index (χ3v) is 4.61. The van der Waals surface area contributed by atoms with Gasteiger partial charge in [-0.1, -0.05) is 103 Å². The van der Waals surface area contributed by atoms with Crippen molar-refractivity contribution in [1.29, 1.82) is 0 Å². The van der Waals surface area contributed by atoms with Crippen LogP contribution in [0.5, 0.6) is 0 Å². The van der Waals surface area contributed by atoms with Gasteiger partial charge in [-0.15, -0.1) is 0 Å². The lowest BCUT2D eigenvalue weighted by Gasteiger charge is -2.24. The molecule has 0 fully saturated rings. The summed E-state index contributed by atoms with van der Waals surface area (Å²) < 4.78 is 0. The fourth-order valence-electron chi connectivity index (χ4n) is 3.26. The molecule has 3 aromatic carbocycles. The van der Waals surface area contributed by atoms with Crippen LogP contribution < -0.4 is 5.32 Å². The Balaban J connectivity index is 1.81. The minimum atomic E-state index is -0.653. The molecule has 3 aromatic rings. The first kappa shape index (κ1) is 16.1. The molecule has 26 heavy (non-hydrogen) atoms. The van der Waals surface area contributed by atoms with Crippen LogP contribution in [0.3, 0.4) is 0 Å². The van der Waals surface area contributed by atoms with Crippen molar-refractivity contribution in [3.05, 3.63) is 120 Å². The van der Waals surface area contributed by atoms with E-state index in [2.05, 4.69) is 17.5 Å². The highest BCUT2D eigenvalue weighted by Crippen LogP contribution is 2.35. The van der Waals surface area contributed by atoms with Gasteiger partial charge in [0.25, 0.3) is 5.91 Å². The zero-order chi connectivity index (χ0) is 17.8. The predicted molar refractivity (Wildman–Crippen MR) is 106 cm³/mol. The highest BCUT2D eigenvalue weighted by Gasteiger charge is 2.37. The van der Waals surface area contributed by atoms with Crippen LogP contribution in [0.2, 0.25) is 0 Å². The summed E-state index contributed by atoms with van der Waals surface area (Å²) in [5.74, 6) is -0.0576. The van der Waals surface area contributed by atoms with E-state index in [1.165, 1.54) is 0 Å². The van der Waals surface area contributed by atoms with Crippen molar-refractivity contribution >= 4 is 17.6 Å². The summed E-state index contributed by atoms with van der Waals surface area (Å²) in [5, 5.41) is 3.18. The van der Waals surface area contributed by atoms with E-state index in [-0.39, 0.29) is 5.91 Å². The zero-order valence-electron chi connectivity index (χ0n) is 14.3. The van der Waals surface area contributed by atoms with Crippen LogP contribution in [0.25, 0.3) is 11.6 Å².